The highest BCUT2D eigenvalue weighted by atomic mass is 14.9. The third-order valence-electron chi connectivity index (χ3n) is 5.30. The molecule has 0 saturated heterocycles. The van der Waals surface area contributed by atoms with Crippen molar-refractivity contribution < 1.29 is 4.57 Å². The third-order valence-corrected chi connectivity index (χ3v) is 5.30. The molecule has 0 aromatic carbocycles. The summed E-state index contributed by atoms with van der Waals surface area (Å²) < 4.78 is 2.36. The lowest BCUT2D eigenvalue weighted by atomic mass is 10.0. The van der Waals surface area contributed by atoms with Crippen molar-refractivity contribution >= 4 is 0 Å². The molecule has 1 aromatic rings. The Hall–Kier alpha value is -0.850. The molecule has 0 aliphatic heterocycles. The fourth-order valence-electron chi connectivity index (χ4n) is 3.52. The Morgan fingerprint density at radius 1 is 0.560 bits per heavy atom. The van der Waals surface area contributed by atoms with Crippen LogP contribution in [0.2, 0.25) is 0 Å². The van der Waals surface area contributed by atoms with Crippen LogP contribution >= 0.6 is 0 Å². The minimum Gasteiger partial charge on any atom is -0.205 e. The van der Waals surface area contributed by atoms with Gasteiger partial charge in [-0.25, -0.2) is 4.57 Å². The summed E-state index contributed by atoms with van der Waals surface area (Å²) in [5.74, 6) is 0. The number of rotatable bonds is 17. The molecule has 0 unspecified atom stereocenters. The second-order valence-corrected chi connectivity index (χ2v) is 7.79. The molecule has 0 amide bonds. The van der Waals surface area contributed by atoms with Crippen LogP contribution in [-0.4, -0.2) is 0 Å². The number of unbranched alkanes of at least 4 members (excludes halogenated alkanes) is 13. The summed E-state index contributed by atoms with van der Waals surface area (Å²) in [5.41, 5.74) is 1.52. The lowest BCUT2D eigenvalue weighted by Crippen LogP contribution is -2.32. The van der Waals surface area contributed by atoms with Crippen LogP contribution in [0.3, 0.4) is 0 Å². The van der Waals surface area contributed by atoms with Crippen molar-refractivity contribution in [3.63, 3.8) is 0 Å². The zero-order chi connectivity index (χ0) is 18.0. The van der Waals surface area contributed by atoms with E-state index in [4.69, 9.17) is 0 Å². The summed E-state index contributed by atoms with van der Waals surface area (Å²) in [5, 5.41) is 0. The van der Waals surface area contributed by atoms with E-state index in [1.54, 1.807) is 0 Å². The van der Waals surface area contributed by atoms with Crippen molar-refractivity contribution in [1.29, 1.82) is 0 Å². The van der Waals surface area contributed by atoms with Crippen LogP contribution in [0.5, 0.6) is 0 Å². The maximum absolute atomic E-state index is 2.36. The van der Waals surface area contributed by atoms with Crippen molar-refractivity contribution in [1.82, 2.24) is 0 Å². The first kappa shape index (κ1) is 22.2. The molecular formula is C24H44N+. The van der Waals surface area contributed by atoms with E-state index in [1.807, 2.05) is 0 Å². The maximum atomic E-state index is 2.36. The minimum absolute atomic E-state index is 1.18. The molecule has 1 rings (SSSR count). The van der Waals surface area contributed by atoms with Gasteiger partial charge < -0.3 is 0 Å². The zero-order valence-corrected chi connectivity index (χ0v) is 17.3. The molecule has 0 aliphatic carbocycles. The smallest absolute Gasteiger partial charge is 0.169 e. The van der Waals surface area contributed by atoms with Crippen molar-refractivity contribution in [3.8, 4) is 0 Å². The molecule has 1 heterocycles. The predicted octanol–water partition coefficient (Wildman–Crippen LogP) is 7.41. The Bertz CT molecular complexity index is 382. The average molecular weight is 347 g/mol. The molecule has 1 aromatic heterocycles. The van der Waals surface area contributed by atoms with Gasteiger partial charge in [-0.05, 0) is 24.8 Å². The predicted molar refractivity (Wildman–Crippen MR) is 111 cm³/mol. The topological polar surface area (TPSA) is 3.88 Å². The van der Waals surface area contributed by atoms with Crippen LogP contribution in [-0.2, 0) is 13.0 Å². The third kappa shape index (κ3) is 13.1. The lowest BCUT2D eigenvalue weighted by molar-refractivity contribution is -0.697. The highest BCUT2D eigenvalue weighted by Crippen LogP contribution is 2.11. The first-order valence-corrected chi connectivity index (χ1v) is 11.3. The van der Waals surface area contributed by atoms with Crippen LogP contribution < -0.4 is 4.57 Å². The lowest BCUT2D eigenvalue weighted by Gasteiger charge is -2.03. The monoisotopic (exact) mass is 346 g/mol. The van der Waals surface area contributed by atoms with E-state index in [-0.39, 0.29) is 0 Å². The van der Waals surface area contributed by atoms with Gasteiger partial charge in [0.2, 0.25) is 0 Å². The van der Waals surface area contributed by atoms with E-state index in [0.29, 0.717) is 0 Å². The van der Waals surface area contributed by atoms with Crippen LogP contribution in [0.15, 0.2) is 24.5 Å². The summed E-state index contributed by atoms with van der Waals surface area (Å²) in [7, 11) is 0. The molecule has 0 spiro atoms. The van der Waals surface area contributed by atoms with Crippen molar-refractivity contribution in [2.45, 2.75) is 123 Å². The molecule has 1 nitrogen and oxygen atoms in total. The van der Waals surface area contributed by atoms with Crippen molar-refractivity contribution in [2.75, 3.05) is 0 Å². The molecule has 0 N–H and O–H groups in total. The molecular weight excluding hydrogens is 302 g/mol. The van der Waals surface area contributed by atoms with Gasteiger partial charge in [0.25, 0.3) is 0 Å². The maximum Gasteiger partial charge on any atom is 0.169 e. The van der Waals surface area contributed by atoms with E-state index in [0.717, 1.165) is 0 Å². The summed E-state index contributed by atoms with van der Waals surface area (Å²) in [6.07, 6.45) is 26.9. The zero-order valence-electron chi connectivity index (χ0n) is 17.3. The second-order valence-electron chi connectivity index (χ2n) is 7.79. The number of hydrogen-bond acceptors (Lipinski definition) is 0. The Balaban J connectivity index is 1.99. The van der Waals surface area contributed by atoms with Gasteiger partial charge in [-0.1, -0.05) is 90.9 Å². The summed E-state index contributed by atoms with van der Waals surface area (Å²) >= 11 is 0. The fraction of sp³-hybridized carbons (Fsp3) is 0.792. The largest absolute Gasteiger partial charge is 0.205 e. The molecule has 25 heavy (non-hydrogen) atoms. The highest BCUT2D eigenvalue weighted by Gasteiger charge is 2.01. The van der Waals surface area contributed by atoms with Gasteiger partial charge in [0.1, 0.15) is 6.54 Å². The van der Waals surface area contributed by atoms with Crippen LogP contribution in [0.4, 0.5) is 0 Å². The van der Waals surface area contributed by atoms with Gasteiger partial charge in [0.15, 0.2) is 12.4 Å². The summed E-state index contributed by atoms with van der Waals surface area (Å²) in [6, 6.07) is 4.67. The number of pyridine rings is 1. The van der Waals surface area contributed by atoms with E-state index in [9.17, 15) is 0 Å². The Labute approximate surface area is 158 Å². The normalized spacial score (nSPS) is 11.1. The van der Waals surface area contributed by atoms with Gasteiger partial charge in [0, 0.05) is 18.6 Å². The Kier molecular flexibility index (Phi) is 14.7. The summed E-state index contributed by atoms with van der Waals surface area (Å²) in [6.45, 7) is 5.76. The molecule has 1 heteroatoms. The molecule has 0 aliphatic rings. The minimum atomic E-state index is 1.18. The van der Waals surface area contributed by atoms with Gasteiger partial charge in [-0.2, -0.15) is 0 Å². The van der Waals surface area contributed by atoms with E-state index in [1.165, 1.54) is 115 Å². The first-order valence-electron chi connectivity index (χ1n) is 11.3. The van der Waals surface area contributed by atoms with E-state index >= 15 is 0 Å². The van der Waals surface area contributed by atoms with Crippen LogP contribution in [0.25, 0.3) is 0 Å². The van der Waals surface area contributed by atoms with Crippen LogP contribution in [0, 0.1) is 0 Å². The molecule has 0 atom stereocenters. The molecule has 0 bridgehead atoms. The fourth-order valence-corrected chi connectivity index (χ4v) is 3.52. The Morgan fingerprint density at radius 3 is 1.52 bits per heavy atom. The molecule has 0 fully saturated rings. The SMILES string of the molecule is CCCCCCCCCCCc1cc[n+](CCCCCCCC)cc1. The van der Waals surface area contributed by atoms with Crippen molar-refractivity contribution in [3.05, 3.63) is 30.1 Å². The number of nitrogens with zero attached hydrogens (tertiary/aromatic N) is 1. The van der Waals surface area contributed by atoms with Crippen LogP contribution in [0.1, 0.15) is 116 Å². The van der Waals surface area contributed by atoms with E-state index in [2.05, 4.69) is 42.9 Å². The van der Waals surface area contributed by atoms with Gasteiger partial charge >= 0.3 is 0 Å². The highest BCUT2D eigenvalue weighted by molar-refractivity contribution is 5.07. The van der Waals surface area contributed by atoms with Gasteiger partial charge in [-0.15, -0.1) is 0 Å². The second kappa shape index (κ2) is 16.6. The number of aromatic nitrogens is 1. The summed E-state index contributed by atoms with van der Waals surface area (Å²) in [4.78, 5) is 0. The molecule has 0 radical (unpaired) electrons. The standard InChI is InChI=1S/C24H44N/c1-3-5-7-9-11-12-13-14-16-18-24-19-22-25(23-20-24)21-17-15-10-8-6-4-2/h19-20,22-23H,3-18,21H2,1-2H3/q+1. The number of aryl methyl sites for hydroxylation is 2. The van der Waals surface area contributed by atoms with E-state index < -0.39 is 0 Å². The molecule has 144 valence electrons. The Morgan fingerprint density at radius 2 is 1.00 bits per heavy atom. The van der Waals surface area contributed by atoms with Gasteiger partial charge in [-0.3, -0.25) is 0 Å². The first-order chi connectivity index (χ1) is 12.4. The van der Waals surface area contributed by atoms with Gasteiger partial charge in [0.05, 0.1) is 0 Å². The van der Waals surface area contributed by atoms with Crippen molar-refractivity contribution in [2.24, 2.45) is 0 Å². The molecule has 0 saturated carbocycles. The number of hydrogen-bond donors (Lipinski definition) is 0. The quantitative estimate of drug-likeness (QED) is 0.204. The average Bonchev–Trinajstić information content (AvgIpc) is 2.64.